The van der Waals surface area contributed by atoms with Gasteiger partial charge in [0.05, 0.1) is 0 Å². The predicted octanol–water partition coefficient (Wildman–Crippen LogP) is 4.19. The molecule has 1 heterocycles. The third-order valence-electron chi connectivity index (χ3n) is 3.09. The standard InChI is InChI=1S/C16H14O/c1-2-5-13-9-10-15-14-7-4-3-6-12(14)8-11-16(15)17-13/h2-4,6-11,13H,1,5H2. The Balaban J connectivity index is 2.11. The van der Waals surface area contributed by atoms with E-state index in [2.05, 4.69) is 55.1 Å². The van der Waals surface area contributed by atoms with Gasteiger partial charge in [-0.2, -0.15) is 0 Å². The van der Waals surface area contributed by atoms with Crippen molar-refractivity contribution in [2.24, 2.45) is 0 Å². The summed E-state index contributed by atoms with van der Waals surface area (Å²) in [6.45, 7) is 3.75. The molecule has 3 rings (SSSR count). The maximum Gasteiger partial charge on any atom is 0.128 e. The molecule has 1 aliphatic heterocycles. The molecule has 0 saturated carbocycles. The minimum Gasteiger partial charge on any atom is -0.485 e. The van der Waals surface area contributed by atoms with Crippen LogP contribution in [-0.4, -0.2) is 6.10 Å². The minimum absolute atomic E-state index is 0.126. The van der Waals surface area contributed by atoms with Crippen LogP contribution >= 0.6 is 0 Å². The van der Waals surface area contributed by atoms with Crippen LogP contribution in [0.5, 0.6) is 5.75 Å². The van der Waals surface area contributed by atoms with Crippen molar-refractivity contribution >= 4 is 16.8 Å². The first-order valence-electron chi connectivity index (χ1n) is 5.86. The molecule has 0 aliphatic carbocycles. The first-order chi connectivity index (χ1) is 8.38. The highest BCUT2D eigenvalue weighted by atomic mass is 16.5. The fourth-order valence-electron chi connectivity index (χ4n) is 2.25. The van der Waals surface area contributed by atoms with E-state index in [1.54, 1.807) is 0 Å². The summed E-state index contributed by atoms with van der Waals surface area (Å²) in [5.41, 5.74) is 1.18. The third-order valence-corrected chi connectivity index (χ3v) is 3.09. The molecule has 0 saturated heterocycles. The summed E-state index contributed by atoms with van der Waals surface area (Å²) in [6.07, 6.45) is 7.14. The van der Waals surface area contributed by atoms with E-state index in [-0.39, 0.29) is 6.10 Å². The van der Waals surface area contributed by atoms with Crippen LogP contribution in [0.4, 0.5) is 0 Å². The van der Waals surface area contributed by atoms with Crippen LogP contribution in [0.15, 0.2) is 55.1 Å². The average Bonchev–Trinajstić information content (AvgIpc) is 2.39. The smallest absolute Gasteiger partial charge is 0.128 e. The molecule has 0 aromatic heterocycles. The fraction of sp³-hybridized carbons (Fsp3) is 0.125. The molecule has 2 aromatic rings. The first kappa shape index (κ1) is 10.2. The Hall–Kier alpha value is -2.02. The topological polar surface area (TPSA) is 9.23 Å². The van der Waals surface area contributed by atoms with Crippen molar-refractivity contribution in [2.45, 2.75) is 12.5 Å². The van der Waals surface area contributed by atoms with Crippen molar-refractivity contribution in [1.82, 2.24) is 0 Å². The fourth-order valence-corrected chi connectivity index (χ4v) is 2.25. The van der Waals surface area contributed by atoms with Crippen LogP contribution in [0.3, 0.4) is 0 Å². The van der Waals surface area contributed by atoms with Gasteiger partial charge in [-0.15, -0.1) is 6.58 Å². The molecule has 0 spiro atoms. The Bertz CT molecular complexity index is 595. The van der Waals surface area contributed by atoms with E-state index < -0.39 is 0 Å². The predicted molar refractivity (Wildman–Crippen MR) is 72.2 cm³/mol. The zero-order chi connectivity index (χ0) is 11.7. The molecule has 1 heteroatoms. The summed E-state index contributed by atoms with van der Waals surface area (Å²) in [5, 5.41) is 2.50. The number of hydrogen-bond donors (Lipinski definition) is 0. The van der Waals surface area contributed by atoms with Crippen molar-refractivity contribution in [2.75, 3.05) is 0 Å². The molecular formula is C16H14O. The van der Waals surface area contributed by atoms with Gasteiger partial charge in [0.1, 0.15) is 11.9 Å². The lowest BCUT2D eigenvalue weighted by Gasteiger charge is -2.21. The van der Waals surface area contributed by atoms with Gasteiger partial charge in [-0.05, 0) is 22.9 Å². The lowest BCUT2D eigenvalue weighted by atomic mass is 10.0. The number of hydrogen-bond acceptors (Lipinski definition) is 1. The van der Waals surface area contributed by atoms with Crippen molar-refractivity contribution in [3.63, 3.8) is 0 Å². The molecule has 1 aliphatic rings. The monoisotopic (exact) mass is 222 g/mol. The van der Waals surface area contributed by atoms with Crippen LogP contribution < -0.4 is 4.74 Å². The molecule has 0 amide bonds. The summed E-state index contributed by atoms with van der Waals surface area (Å²) in [6, 6.07) is 12.5. The lowest BCUT2D eigenvalue weighted by molar-refractivity contribution is 0.250. The van der Waals surface area contributed by atoms with E-state index >= 15 is 0 Å². The van der Waals surface area contributed by atoms with Crippen molar-refractivity contribution in [3.05, 3.63) is 60.7 Å². The van der Waals surface area contributed by atoms with E-state index in [1.165, 1.54) is 16.3 Å². The number of benzene rings is 2. The SMILES string of the molecule is C=CCC1C=Cc2c(ccc3ccccc23)O1. The highest BCUT2D eigenvalue weighted by Gasteiger charge is 2.14. The molecular weight excluding hydrogens is 208 g/mol. The van der Waals surface area contributed by atoms with Gasteiger partial charge in [-0.25, -0.2) is 0 Å². The van der Waals surface area contributed by atoms with Gasteiger partial charge in [-0.1, -0.05) is 42.5 Å². The largest absolute Gasteiger partial charge is 0.485 e. The van der Waals surface area contributed by atoms with E-state index in [1.807, 2.05) is 6.08 Å². The Labute approximate surface area is 101 Å². The molecule has 0 N–H and O–H groups in total. The molecule has 84 valence electrons. The van der Waals surface area contributed by atoms with Gasteiger partial charge in [0.15, 0.2) is 0 Å². The van der Waals surface area contributed by atoms with E-state index in [4.69, 9.17) is 4.74 Å². The van der Waals surface area contributed by atoms with E-state index in [9.17, 15) is 0 Å². The third kappa shape index (κ3) is 1.74. The van der Waals surface area contributed by atoms with Crippen LogP contribution in [0.25, 0.3) is 16.8 Å². The number of ether oxygens (including phenoxy) is 1. The van der Waals surface area contributed by atoms with E-state index in [0.29, 0.717) is 0 Å². The second kappa shape index (κ2) is 4.10. The zero-order valence-corrected chi connectivity index (χ0v) is 9.60. The van der Waals surface area contributed by atoms with Crippen molar-refractivity contribution in [1.29, 1.82) is 0 Å². The Morgan fingerprint density at radius 1 is 1.18 bits per heavy atom. The molecule has 1 nitrogen and oxygen atoms in total. The van der Waals surface area contributed by atoms with E-state index in [0.717, 1.165) is 12.2 Å². The summed E-state index contributed by atoms with van der Waals surface area (Å²) >= 11 is 0. The summed E-state index contributed by atoms with van der Waals surface area (Å²) < 4.78 is 5.92. The minimum atomic E-state index is 0.126. The molecule has 1 unspecified atom stereocenters. The lowest BCUT2D eigenvalue weighted by Crippen LogP contribution is -2.15. The quantitative estimate of drug-likeness (QED) is 0.692. The zero-order valence-electron chi connectivity index (χ0n) is 9.60. The van der Waals surface area contributed by atoms with Gasteiger partial charge in [-0.3, -0.25) is 0 Å². The van der Waals surface area contributed by atoms with Crippen molar-refractivity contribution < 1.29 is 4.74 Å². The maximum absolute atomic E-state index is 5.92. The molecule has 17 heavy (non-hydrogen) atoms. The molecule has 2 aromatic carbocycles. The molecule has 1 atom stereocenters. The molecule has 0 bridgehead atoms. The molecule has 0 fully saturated rings. The highest BCUT2D eigenvalue weighted by molar-refractivity contribution is 5.93. The van der Waals surface area contributed by atoms with Crippen molar-refractivity contribution in [3.8, 4) is 5.75 Å². The Kier molecular flexibility index (Phi) is 2.45. The highest BCUT2D eigenvalue weighted by Crippen LogP contribution is 2.33. The maximum atomic E-state index is 5.92. The molecule has 0 radical (unpaired) electrons. The Morgan fingerprint density at radius 3 is 2.94 bits per heavy atom. The summed E-state index contributed by atoms with van der Waals surface area (Å²) in [7, 11) is 0. The van der Waals surface area contributed by atoms with Gasteiger partial charge in [0, 0.05) is 12.0 Å². The number of fused-ring (bicyclic) bond motifs is 3. The van der Waals surface area contributed by atoms with Crippen LogP contribution in [0.2, 0.25) is 0 Å². The summed E-state index contributed by atoms with van der Waals surface area (Å²) in [4.78, 5) is 0. The van der Waals surface area contributed by atoms with Crippen LogP contribution in [0.1, 0.15) is 12.0 Å². The number of rotatable bonds is 2. The van der Waals surface area contributed by atoms with Gasteiger partial charge < -0.3 is 4.74 Å². The van der Waals surface area contributed by atoms with Crippen LogP contribution in [0, 0.1) is 0 Å². The van der Waals surface area contributed by atoms with Gasteiger partial charge in [0.2, 0.25) is 0 Å². The second-order valence-corrected chi connectivity index (χ2v) is 4.24. The second-order valence-electron chi connectivity index (χ2n) is 4.24. The van der Waals surface area contributed by atoms with Gasteiger partial charge in [0.25, 0.3) is 0 Å². The summed E-state index contributed by atoms with van der Waals surface area (Å²) in [5.74, 6) is 0.970. The average molecular weight is 222 g/mol. The Morgan fingerprint density at radius 2 is 2.06 bits per heavy atom. The first-order valence-corrected chi connectivity index (χ1v) is 5.86. The normalized spacial score (nSPS) is 17.5. The van der Waals surface area contributed by atoms with Crippen LogP contribution in [-0.2, 0) is 0 Å². The van der Waals surface area contributed by atoms with Gasteiger partial charge >= 0.3 is 0 Å².